The van der Waals surface area contributed by atoms with Crippen LogP contribution in [0.1, 0.15) is 15.9 Å². The molecule has 19 heavy (non-hydrogen) atoms. The van der Waals surface area contributed by atoms with Crippen molar-refractivity contribution in [1.29, 1.82) is 5.26 Å². The Bertz CT molecular complexity index is 476. The maximum atomic E-state index is 12.3. The third-order valence-electron chi connectivity index (χ3n) is 3.12. The minimum Gasteiger partial charge on any atom is -0.373 e. The second-order valence-electron chi connectivity index (χ2n) is 4.49. The van der Waals surface area contributed by atoms with Gasteiger partial charge in [-0.15, -0.1) is 0 Å². The Hall–Kier alpha value is -1.90. The molecule has 5 nitrogen and oxygen atoms in total. The van der Waals surface area contributed by atoms with Crippen molar-refractivity contribution in [2.24, 2.45) is 0 Å². The molecule has 1 aromatic rings. The average molecular weight is 259 g/mol. The van der Waals surface area contributed by atoms with Crippen molar-refractivity contribution in [1.82, 2.24) is 10.2 Å². The summed E-state index contributed by atoms with van der Waals surface area (Å²) in [5.74, 6) is -0.00565. The quantitative estimate of drug-likeness (QED) is 0.864. The molecule has 0 spiro atoms. The minimum absolute atomic E-state index is 0.00565. The van der Waals surface area contributed by atoms with Gasteiger partial charge in [-0.2, -0.15) is 5.26 Å². The molecular formula is C14H17N3O2. The molecule has 1 aromatic carbocycles. The highest BCUT2D eigenvalue weighted by atomic mass is 16.5. The first kappa shape index (κ1) is 13.5. The van der Waals surface area contributed by atoms with Gasteiger partial charge in [0, 0.05) is 25.2 Å². The third kappa shape index (κ3) is 3.31. The van der Waals surface area contributed by atoms with Gasteiger partial charge in [-0.25, -0.2) is 0 Å². The SMILES string of the molecule is CNCC1CN(C(=O)c2ccc(C#N)cc2)CCO1. The third-order valence-corrected chi connectivity index (χ3v) is 3.12. The van der Waals surface area contributed by atoms with Crippen LogP contribution in [0.3, 0.4) is 0 Å². The molecule has 100 valence electrons. The van der Waals surface area contributed by atoms with E-state index in [1.54, 1.807) is 29.2 Å². The number of hydrogen-bond acceptors (Lipinski definition) is 4. The molecule has 0 radical (unpaired) electrons. The van der Waals surface area contributed by atoms with Crippen LogP contribution in [-0.2, 0) is 4.74 Å². The van der Waals surface area contributed by atoms with Crippen LogP contribution in [0.4, 0.5) is 0 Å². The van der Waals surface area contributed by atoms with Crippen LogP contribution in [0.15, 0.2) is 24.3 Å². The molecule has 1 N–H and O–H groups in total. The summed E-state index contributed by atoms with van der Waals surface area (Å²) in [5.41, 5.74) is 1.18. The van der Waals surface area contributed by atoms with E-state index in [2.05, 4.69) is 5.32 Å². The van der Waals surface area contributed by atoms with E-state index in [0.717, 1.165) is 6.54 Å². The highest BCUT2D eigenvalue weighted by molar-refractivity contribution is 5.94. The molecule has 0 aromatic heterocycles. The van der Waals surface area contributed by atoms with E-state index in [9.17, 15) is 4.79 Å². The first-order valence-electron chi connectivity index (χ1n) is 6.30. The highest BCUT2D eigenvalue weighted by Gasteiger charge is 2.24. The van der Waals surface area contributed by atoms with Crippen molar-refractivity contribution in [2.45, 2.75) is 6.10 Å². The maximum absolute atomic E-state index is 12.3. The number of nitriles is 1. The zero-order chi connectivity index (χ0) is 13.7. The van der Waals surface area contributed by atoms with E-state index >= 15 is 0 Å². The van der Waals surface area contributed by atoms with Crippen LogP contribution in [0, 0.1) is 11.3 Å². The van der Waals surface area contributed by atoms with Gasteiger partial charge in [0.25, 0.3) is 5.91 Å². The maximum Gasteiger partial charge on any atom is 0.254 e. The van der Waals surface area contributed by atoms with E-state index in [1.165, 1.54) is 0 Å². The van der Waals surface area contributed by atoms with Crippen LogP contribution >= 0.6 is 0 Å². The molecule has 2 rings (SSSR count). The van der Waals surface area contributed by atoms with E-state index in [0.29, 0.717) is 30.8 Å². The van der Waals surface area contributed by atoms with E-state index < -0.39 is 0 Å². The minimum atomic E-state index is -0.00565. The van der Waals surface area contributed by atoms with Gasteiger partial charge >= 0.3 is 0 Å². The largest absolute Gasteiger partial charge is 0.373 e. The molecule has 1 amide bonds. The number of ether oxygens (including phenoxy) is 1. The summed E-state index contributed by atoms with van der Waals surface area (Å²) in [6.07, 6.45) is 0.0427. The summed E-state index contributed by atoms with van der Waals surface area (Å²) in [6.45, 7) is 2.50. The van der Waals surface area contributed by atoms with Gasteiger partial charge in [0.05, 0.1) is 24.3 Å². The second kappa shape index (κ2) is 6.32. The predicted molar refractivity (Wildman–Crippen MR) is 70.7 cm³/mol. The van der Waals surface area contributed by atoms with Crippen molar-refractivity contribution < 1.29 is 9.53 Å². The molecule has 0 bridgehead atoms. The Morgan fingerprint density at radius 1 is 1.53 bits per heavy atom. The summed E-state index contributed by atoms with van der Waals surface area (Å²) in [7, 11) is 1.87. The normalized spacial score (nSPS) is 18.9. The lowest BCUT2D eigenvalue weighted by molar-refractivity contribution is -0.0196. The lowest BCUT2D eigenvalue weighted by Crippen LogP contribution is -2.48. The molecular weight excluding hydrogens is 242 g/mol. The Morgan fingerprint density at radius 3 is 2.89 bits per heavy atom. The van der Waals surface area contributed by atoms with E-state index in [4.69, 9.17) is 10.00 Å². The molecule has 1 aliphatic rings. The molecule has 1 fully saturated rings. The molecule has 5 heteroatoms. The van der Waals surface area contributed by atoms with Gasteiger partial charge in [0.2, 0.25) is 0 Å². The molecule has 0 aliphatic carbocycles. The van der Waals surface area contributed by atoms with Crippen LogP contribution in [0.5, 0.6) is 0 Å². The Labute approximate surface area is 112 Å². The fourth-order valence-corrected chi connectivity index (χ4v) is 2.12. The Morgan fingerprint density at radius 2 is 2.26 bits per heavy atom. The van der Waals surface area contributed by atoms with Crippen LogP contribution in [-0.4, -0.2) is 50.2 Å². The first-order chi connectivity index (χ1) is 9.24. The number of nitrogens with one attached hydrogen (secondary N) is 1. The van der Waals surface area contributed by atoms with E-state index in [1.807, 2.05) is 13.1 Å². The van der Waals surface area contributed by atoms with E-state index in [-0.39, 0.29) is 12.0 Å². The number of carbonyl (C=O) groups excluding carboxylic acids is 1. The van der Waals surface area contributed by atoms with Crippen molar-refractivity contribution in [3.8, 4) is 6.07 Å². The average Bonchev–Trinajstić information content (AvgIpc) is 2.47. The molecule has 1 saturated heterocycles. The van der Waals surface area contributed by atoms with Gasteiger partial charge in [-0.1, -0.05) is 0 Å². The summed E-state index contributed by atoms with van der Waals surface area (Å²) in [4.78, 5) is 14.1. The Balaban J connectivity index is 2.04. The zero-order valence-electron chi connectivity index (χ0n) is 10.9. The Kier molecular flexibility index (Phi) is 4.50. The fourth-order valence-electron chi connectivity index (χ4n) is 2.12. The predicted octanol–water partition coefficient (Wildman–Crippen LogP) is 0.619. The van der Waals surface area contributed by atoms with Gasteiger partial charge in [-0.3, -0.25) is 4.79 Å². The van der Waals surface area contributed by atoms with Crippen molar-refractivity contribution in [3.05, 3.63) is 35.4 Å². The number of hydrogen-bond donors (Lipinski definition) is 1. The molecule has 1 atom stereocenters. The monoisotopic (exact) mass is 259 g/mol. The molecule has 1 unspecified atom stereocenters. The topological polar surface area (TPSA) is 65.4 Å². The van der Waals surface area contributed by atoms with Gasteiger partial charge in [0.1, 0.15) is 0 Å². The van der Waals surface area contributed by atoms with Crippen LogP contribution < -0.4 is 5.32 Å². The van der Waals surface area contributed by atoms with Crippen molar-refractivity contribution in [3.63, 3.8) is 0 Å². The summed E-state index contributed by atoms with van der Waals surface area (Å²) in [6, 6.07) is 8.77. The molecule has 1 aliphatic heterocycles. The standard InChI is InChI=1S/C14H17N3O2/c1-16-9-13-10-17(6-7-19-13)14(18)12-4-2-11(8-15)3-5-12/h2-5,13,16H,6-7,9-10H2,1H3. The summed E-state index contributed by atoms with van der Waals surface area (Å²) in [5, 5.41) is 11.8. The summed E-state index contributed by atoms with van der Waals surface area (Å²) >= 11 is 0. The zero-order valence-corrected chi connectivity index (χ0v) is 10.9. The number of benzene rings is 1. The number of amides is 1. The second-order valence-corrected chi connectivity index (χ2v) is 4.49. The van der Waals surface area contributed by atoms with Gasteiger partial charge < -0.3 is 15.0 Å². The van der Waals surface area contributed by atoms with Crippen LogP contribution in [0.25, 0.3) is 0 Å². The van der Waals surface area contributed by atoms with Gasteiger partial charge in [-0.05, 0) is 31.3 Å². The van der Waals surface area contributed by atoms with Crippen molar-refractivity contribution in [2.75, 3.05) is 33.3 Å². The van der Waals surface area contributed by atoms with Crippen LogP contribution in [0.2, 0.25) is 0 Å². The lowest BCUT2D eigenvalue weighted by atomic mass is 10.1. The highest BCUT2D eigenvalue weighted by Crippen LogP contribution is 2.11. The molecule has 1 heterocycles. The number of rotatable bonds is 3. The number of likely N-dealkylation sites (N-methyl/N-ethyl adjacent to an activating group) is 1. The molecule has 0 saturated carbocycles. The fraction of sp³-hybridized carbons (Fsp3) is 0.429. The van der Waals surface area contributed by atoms with Gasteiger partial charge in [0.15, 0.2) is 0 Å². The number of morpholine rings is 1. The smallest absolute Gasteiger partial charge is 0.254 e. The summed E-state index contributed by atoms with van der Waals surface area (Å²) < 4.78 is 5.57. The number of nitrogens with zero attached hydrogens (tertiary/aromatic N) is 2. The van der Waals surface area contributed by atoms with Crippen molar-refractivity contribution >= 4 is 5.91 Å². The number of carbonyl (C=O) groups is 1. The first-order valence-corrected chi connectivity index (χ1v) is 6.30. The lowest BCUT2D eigenvalue weighted by Gasteiger charge is -2.33.